The van der Waals surface area contributed by atoms with Crippen LogP contribution in [0.15, 0.2) is 0 Å². The Bertz CT molecular complexity index is 185. The van der Waals surface area contributed by atoms with Crippen LogP contribution in [0.3, 0.4) is 0 Å². The van der Waals surface area contributed by atoms with Gasteiger partial charge in [-0.3, -0.25) is 4.79 Å². The monoisotopic (exact) mass is 333 g/mol. The van der Waals surface area contributed by atoms with Gasteiger partial charge in [-0.2, -0.15) is 11.8 Å². The van der Waals surface area contributed by atoms with Crippen LogP contribution in [-0.4, -0.2) is 49.6 Å². The second-order valence-electron chi connectivity index (χ2n) is 2.65. The van der Waals surface area contributed by atoms with Crippen molar-refractivity contribution >= 4 is 64.0 Å². The van der Waals surface area contributed by atoms with Gasteiger partial charge >= 0.3 is 0 Å². The summed E-state index contributed by atoms with van der Waals surface area (Å²) >= 11 is 8.28. The third-order valence-electron chi connectivity index (χ3n) is 1.42. The van der Waals surface area contributed by atoms with Crippen LogP contribution in [0.5, 0.6) is 0 Å². The number of aliphatic hydroxyl groups is 1. The molecule has 0 bridgehead atoms. The molecular weight excluding hydrogens is 314 g/mol. The molecule has 0 aromatic heterocycles. The van der Waals surface area contributed by atoms with Crippen molar-refractivity contribution in [3.8, 4) is 0 Å². The second-order valence-corrected chi connectivity index (χ2v) is 9.02. The molecule has 8 heteroatoms. The number of hydrogen-bond acceptors (Lipinski definition) is 7. The predicted molar refractivity (Wildman–Crippen MR) is 88.4 cm³/mol. The first kappa shape index (κ1) is 18.2. The summed E-state index contributed by atoms with van der Waals surface area (Å²) < 4.78 is 0. The van der Waals surface area contributed by atoms with E-state index in [9.17, 15) is 4.79 Å². The highest BCUT2D eigenvalue weighted by molar-refractivity contribution is 8.23. The van der Waals surface area contributed by atoms with Gasteiger partial charge in [0.1, 0.15) is 0 Å². The molecule has 0 atom stereocenters. The van der Waals surface area contributed by atoms with Crippen molar-refractivity contribution in [1.82, 2.24) is 5.32 Å². The van der Waals surface area contributed by atoms with Gasteiger partial charge in [-0.15, -0.1) is 35.3 Å². The highest BCUT2D eigenvalue weighted by Gasteiger charge is 2.00. The summed E-state index contributed by atoms with van der Waals surface area (Å²) in [7, 11) is 0. The molecule has 0 saturated carbocycles. The number of carbonyl (C=O) groups is 1. The molecule has 0 spiro atoms. The zero-order valence-corrected chi connectivity index (χ0v) is 13.9. The first-order valence-electron chi connectivity index (χ1n) is 5.13. The Hall–Kier alpha value is 1.18. The molecule has 0 aromatic carbocycles. The van der Waals surface area contributed by atoms with E-state index in [-0.39, 0.29) is 11.2 Å². The van der Waals surface area contributed by atoms with Crippen LogP contribution in [0.25, 0.3) is 0 Å². The first-order chi connectivity index (χ1) is 8.31. The van der Waals surface area contributed by atoms with Crippen LogP contribution in [-0.2, 0) is 0 Å². The summed E-state index contributed by atoms with van der Waals surface area (Å²) in [5, 5.41) is 14.2. The minimum Gasteiger partial charge on any atom is -0.386 e. The van der Waals surface area contributed by atoms with Crippen molar-refractivity contribution in [3.63, 3.8) is 0 Å². The lowest BCUT2D eigenvalue weighted by Crippen LogP contribution is -2.21. The number of nitrogens with one attached hydrogen (secondary N) is 1. The lowest BCUT2D eigenvalue weighted by molar-refractivity contribution is 0.261. The SMILES string of the molecule is CCSCSCSCCNC(=O)SCSCO. The fourth-order valence-corrected chi connectivity index (χ4v) is 5.18. The Labute approximate surface area is 125 Å². The molecule has 0 saturated heterocycles. The molecule has 102 valence electrons. The second kappa shape index (κ2) is 15.2. The van der Waals surface area contributed by atoms with Crippen LogP contribution in [0.2, 0.25) is 0 Å². The number of amides is 1. The molecule has 0 rings (SSSR count). The number of aliphatic hydroxyl groups excluding tert-OH is 1. The highest BCUT2D eigenvalue weighted by Crippen LogP contribution is 2.17. The van der Waals surface area contributed by atoms with Gasteiger partial charge in [-0.05, 0) is 5.75 Å². The van der Waals surface area contributed by atoms with E-state index in [1.54, 1.807) is 0 Å². The van der Waals surface area contributed by atoms with Crippen molar-refractivity contribution in [1.29, 1.82) is 0 Å². The maximum absolute atomic E-state index is 11.2. The normalized spacial score (nSPS) is 10.5. The van der Waals surface area contributed by atoms with Crippen LogP contribution in [0, 0.1) is 0 Å². The van der Waals surface area contributed by atoms with Crippen molar-refractivity contribution < 1.29 is 9.90 Å². The van der Waals surface area contributed by atoms with Gasteiger partial charge in [0.2, 0.25) is 0 Å². The van der Waals surface area contributed by atoms with Gasteiger partial charge in [0.05, 0.1) is 11.0 Å². The molecule has 0 fully saturated rings. The van der Waals surface area contributed by atoms with E-state index in [1.807, 2.05) is 35.3 Å². The molecule has 0 aliphatic rings. The standard InChI is InChI=1S/C9H19NO2S5/c1-2-13-6-16-7-14-4-3-10-9(12)17-8-15-5-11/h11H,2-8H2,1H3,(H,10,12). The highest BCUT2D eigenvalue weighted by atomic mass is 32.2. The number of thioether (sulfide) groups is 5. The van der Waals surface area contributed by atoms with Gasteiger partial charge in [-0.1, -0.05) is 18.7 Å². The van der Waals surface area contributed by atoms with Crippen LogP contribution in [0.1, 0.15) is 6.92 Å². The Morgan fingerprint density at radius 1 is 1.12 bits per heavy atom. The van der Waals surface area contributed by atoms with Crippen molar-refractivity contribution in [2.75, 3.05) is 39.2 Å². The molecule has 0 radical (unpaired) electrons. The van der Waals surface area contributed by atoms with Crippen molar-refractivity contribution in [3.05, 3.63) is 0 Å². The largest absolute Gasteiger partial charge is 0.386 e. The molecule has 0 unspecified atom stereocenters. The van der Waals surface area contributed by atoms with Crippen molar-refractivity contribution in [2.24, 2.45) is 0 Å². The topological polar surface area (TPSA) is 49.3 Å². The number of carbonyl (C=O) groups excluding carboxylic acids is 1. The van der Waals surface area contributed by atoms with Gasteiger partial charge < -0.3 is 10.4 Å². The summed E-state index contributed by atoms with van der Waals surface area (Å²) in [6.07, 6.45) is 0. The van der Waals surface area contributed by atoms with E-state index in [1.165, 1.54) is 29.3 Å². The first-order valence-corrected chi connectivity index (χ1v) is 10.7. The zero-order chi connectivity index (χ0) is 12.8. The maximum Gasteiger partial charge on any atom is 0.279 e. The summed E-state index contributed by atoms with van der Waals surface area (Å²) in [4.78, 5) is 11.2. The van der Waals surface area contributed by atoms with Crippen LogP contribution < -0.4 is 5.32 Å². The summed E-state index contributed by atoms with van der Waals surface area (Å²) in [6, 6.07) is 0. The van der Waals surface area contributed by atoms with E-state index >= 15 is 0 Å². The van der Waals surface area contributed by atoms with Crippen LogP contribution >= 0.6 is 58.8 Å². The zero-order valence-electron chi connectivity index (χ0n) is 9.85. The summed E-state index contributed by atoms with van der Waals surface area (Å²) in [6.45, 7) is 2.89. The van der Waals surface area contributed by atoms with E-state index in [0.717, 1.165) is 22.5 Å². The van der Waals surface area contributed by atoms with Gasteiger partial charge in [0.15, 0.2) is 0 Å². The fourth-order valence-electron chi connectivity index (χ4n) is 0.703. The molecule has 1 amide bonds. The molecule has 17 heavy (non-hydrogen) atoms. The molecular formula is C9H19NO2S5. The van der Waals surface area contributed by atoms with Crippen LogP contribution in [0.4, 0.5) is 4.79 Å². The Balaban J connectivity index is 3.08. The van der Waals surface area contributed by atoms with Gasteiger partial charge in [0, 0.05) is 22.5 Å². The summed E-state index contributed by atoms with van der Waals surface area (Å²) in [5.74, 6) is 2.21. The maximum atomic E-state index is 11.2. The molecule has 2 N–H and O–H groups in total. The average molecular weight is 334 g/mol. The lowest BCUT2D eigenvalue weighted by atomic mass is 10.8. The fraction of sp³-hybridized carbons (Fsp3) is 0.889. The predicted octanol–water partition coefficient (Wildman–Crippen LogP) is 3.20. The third-order valence-corrected chi connectivity index (χ3v) is 6.71. The molecule has 3 nitrogen and oxygen atoms in total. The Morgan fingerprint density at radius 3 is 2.59 bits per heavy atom. The smallest absolute Gasteiger partial charge is 0.279 e. The lowest BCUT2D eigenvalue weighted by Gasteiger charge is -2.04. The summed E-state index contributed by atoms with van der Waals surface area (Å²) in [5.41, 5.74) is 0. The Morgan fingerprint density at radius 2 is 1.88 bits per heavy atom. The number of rotatable bonds is 11. The van der Waals surface area contributed by atoms with E-state index in [0.29, 0.717) is 5.08 Å². The van der Waals surface area contributed by atoms with E-state index < -0.39 is 0 Å². The van der Waals surface area contributed by atoms with E-state index in [4.69, 9.17) is 5.11 Å². The minimum absolute atomic E-state index is 0.000687. The quantitative estimate of drug-likeness (QED) is 0.445. The molecule has 0 heterocycles. The molecule has 0 aliphatic heterocycles. The third kappa shape index (κ3) is 15.1. The number of hydrogen-bond donors (Lipinski definition) is 2. The average Bonchev–Trinajstić information content (AvgIpc) is 2.33. The van der Waals surface area contributed by atoms with Gasteiger partial charge in [0.25, 0.3) is 5.24 Å². The molecule has 0 aliphatic carbocycles. The molecule has 0 aromatic rings. The Kier molecular flexibility index (Phi) is 16.3. The van der Waals surface area contributed by atoms with E-state index in [2.05, 4.69) is 12.2 Å². The minimum atomic E-state index is 0.000687. The van der Waals surface area contributed by atoms with Gasteiger partial charge in [-0.25, -0.2) is 0 Å². The van der Waals surface area contributed by atoms with Crippen molar-refractivity contribution in [2.45, 2.75) is 6.92 Å².